The van der Waals surface area contributed by atoms with E-state index < -0.39 is 5.82 Å². The zero-order chi connectivity index (χ0) is 22.9. The van der Waals surface area contributed by atoms with Crippen molar-refractivity contribution in [2.75, 3.05) is 20.2 Å². The van der Waals surface area contributed by atoms with Gasteiger partial charge in [0.25, 0.3) is 5.91 Å². The molecule has 1 saturated heterocycles. The minimum Gasteiger partial charge on any atom is -0.481 e. The lowest BCUT2D eigenvalue weighted by atomic mass is 9.83. The molecule has 3 heterocycles. The molecule has 2 amide bonds. The van der Waals surface area contributed by atoms with Gasteiger partial charge < -0.3 is 15.0 Å². The number of nitrogens with one attached hydrogen (secondary N) is 2. The number of hydrogen-bond acceptors (Lipinski definition) is 5. The Morgan fingerprint density at radius 2 is 1.85 bits per heavy atom. The number of methoxy groups -OCH3 is 1. The van der Waals surface area contributed by atoms with Gasteiger partial charge in [-0.15, -0.1) is 0 Å². The molecular formula is C24H30FN5O3. The number of carbonyl (C=O) groups is 2. The van der Waals surface area contributed by atoms with Crippen LogP contribution >= 0.6 is 0 Å². The SMILES string of the molecule is COc1cc(-c2cc(C(=O)N3CCC(C(=O)NC4C5CCCC4CC5)CC3)n[nH]2)c(F)cn1. The number of likely N-dealkylation sites (tertiary alicyclic amines) is 1. The van der Waals surface area contributed by atoms with Crippen molar-refractivity contribution in [3.05, 3.63) is 29.8 Å². The summed E-state index contributed by atoms with van der Waals surface area (Å²) < 4.78 is 19.2. The lowest BCUT2D eigenvalue weighted by Gasteiger charge is -2.35. The van der Waals surface area contributed by atoms with Crippen LogP contribution in [0.15, 0.2) is 18.3 Å². The average Bonchev–Trinajstić information content (AvgIpc) is 3.40. The van der Waals surface area contributed by atoms with Gasteiger partial charge in [-0.25, -0.2) is 9.37 Å². The fourth-order valence-electron chi connectivity index (χ4n) is 5.79. The third-order valence-corrected chi connectivity index (χ3v) is 7.66. The zero-order valence-electron chi connectivity index (χ0n) is 18.8. The molecule has 0 radical (unpaired) electrons. The van der Waals surface area contributed by atoms with E-state index in [2.05, 4.69) is 20.5 Å². The van der Waals surface area contributed by atoms with Gasteiger partial charge in [0.2, 0.25) is 11.8 Å². The van der Waals surface area contributed by atoms with Gasteiger partial charge in [0.05, 0.1) is 19.0 Å². The molecule has 8 nitrogen and oxygen atoms in total. The number of pyridine rings is 1. The molecule has 176 valence electrons. The number of amides is 2. The van der Waals surface area contributed by atoms with E-state index in [4.69, 9.17) is 4.74 Å². The van der Waals surface area contributed by atoms with Crippen molar-refractivity contribution in [2.24, 2.45) is 17.8 Å². The molecule has 2 atom stereocenters. The van der Waals surface area contributed by atoms with Crippen molar-refractivity contribution < 1.29 is 18.7 Å². The van der Waals surface area contributed by atoms with Crippen molar-refractivity contribution in [3.8, 4) is 17.1 Å². The van der Waals surface area contributed by atoms with Crippen LogP contribution in [-0.4, -0.2) is 58.1 Å². The van der Waals surface area contributed by atoms with E-state index in [-0.39, 0.29) is 34.9 Å². The van der Waals surface area contributed by atoms with Gasteiger partial charge in [-0.05, 0) is 56.4 Å². The molecule has 3 aliphatic rings. The van der Waals surface area contributed by atoms with Crippen LogP contribution in [0.4, 0.5) is 4.39 Å². The lowest BCUT2D eigenvalue weighted by Crippen LogP contribution is -2.48. The Morgan fingerprint density at radius 3 is 2.55 bits per heavy atom. The Balaban J connectivity index is 1.18. The molecule has 2 aromatic heterocycles. The van der Waals surface area contributed by atoms with E-state index in [0.29, 0.717) is 49.5 Å². The molecule has 0 spiro atoms. The summed E-state index contributed by atoms with van der Waals surface area (Å²) in [7, 11) is 1.45. The second-order valence-corrected chi connectivity index (χ2v) is 9.50. The normalized spacial score (nSPS) is 25.2. The van der Waals surface area contributed by atoms with Gasteiger partial charge in [-0.2, -0.15) is 5.10 Å². The van der Waals surface area contributed by atoms with Crippen molar-refractivity contribution in [2.45, 2.75) is 51.0 Å². The average molecular weight is 456 g/mol. The van der Waals surface area contributed by atoms with Crippen LogP contribution in [0.2, 0.25) is 0 Å². The molecule has 2 bridgehead atoms. The zero-order valence-corrected chi connectivity index (χ0v) is 18.8. The van der Waals surface area contributed by atoms with Crippen molar-refractivity contribution in [3.63, 3.8) is 0 Å². The van der Waals surface area contributed by atoms with Crippen molar-refractivity contribution >= 4 is 11.8 Å². The summed E-state index contributed by atoms with van der Waals surface area (Å²) in [6, 6.07) is 3.35. The fraction of sp³-hybridized carbons (Fsp3) is 0.583. The molecule has 0 aromatic carbocycles. The lowest BCUT2D eigenvalue weighted by molar-refractivity contribution is -0.127. The molecule has 2 aromatic rings. The van der Waals surface area contributed by atoms with E-state index in [1.54, 1.807) is 4.90 Å². The van der Waals surface area contributed by atoms with Crippen LogP contribution < -0.4 is 10.1 Å². The van der Waals surface area contributed by atoms with Crippen LogP contribution in [0.25, 0.3) is 11.3 Å². The van der Waals surface area contributed by atoms with Gasteiger partial charge >= 0.3 is 0 Å². The largest absolute Gasteiger partial charge is 0.481 e. The Morgan fingerprint density at radius 1 is 1.12 bits per heavy atom. The first-order chi connectivity index (χ1) is 16.0. The smallest absolute Gasteiger partial charge is 0.274 e. The summed E-state index contributed by atoms with van der Waals surface area (Å²) >= 11 is 0. The highest BCUT2D eigenvalue weighted by molar-refractivity contribution is 5.93. The topological polar surface area (TPSA) is 100 Å². The number of piperidine rings is 1. The number of aromatic amines is 1. The molecular weight excluding hydrogens is 425 g/mol. The highest BCUT2D eigenvalue weighted by Gasteiger charge is 2.40. The number of rotatable bonds is 5. The molecule has 2 saturated carbocycles. The minimum absolute atomic E-state index is 0.0523. The minimum atomic E-state index is -0.531. The van der Waals surface area contributed by atoms with Crippen LogP contribution in [0.5, 0.6) is 5.88 Å². The van der Waals surface area contributed by atoms with E-state index in [1.165, 1.54) is 51.3 Å². The van der Waals surface area contributed by atoms with Crippen LogP contribution in [0.1, 0.15) is 55.4 Å². The number of nitrogens with zero attached hydrogens (tertiary/aromatic N) is 3. The van der Waals surface area contributed by atoms with Crippen LogP contribution in [-0.2, 0) is 4.79 Å². The predicted molar refractivity (Wildman–Crippen MR) is 119 cm³/mol. The monoisotopic (exact) mass is 455 g/mol. The highest BCUT2D eigenvalue weighted by atomic mass is 19.1. The maximum Gasteiger partial charge on any atom is 0.274 e. The van der Waals surface area contributed by atoms with E-state index in [1.807, 2.05) is 0 Å². The first-order valence-electron chi connectivity index (χ1n) is 11.9. The number of H-pyrrole nitrogens is 1. The van der Waals surface area contributed by atoms with Crippen molar-refractivity contribution in [1.82, 2.24) is 25.4 Å². The molecule has 33 heavy (non-hydrogen) atoms. The first kappa shape index (κ1) is 21.9. The molecule has 2 N–H and O–H groups in total. The number of halogens is 1. The maximum absolute atomic E-state index is 14.2. The maximum atomic E-state index is 14.2. The third kappa shape index (κ3) is 4.32. The van der Waals surface area contributed by atoms with E-state index in [9.17, 15) is 14.0 Å². The molecule has 2 aliphatic carbocycles. The van der Waals surface area contributed by atoms with Gasteiger partial charge in [0.1, 0.15) is 0 Å². The standard InChI is InChI=1S/C24H30FN5O3/c1-33-21-11-17(18(25)13-26-21)19-12-20(29-28-19)24(32)30-9-7-16(8-10-30)23(31)27-22-14-3-2-4-15(22)6-5-14/h11-16,22H,2-10H2,1H3,(H,27,31)(H,28,29). The number of fused-ring (bicyclic) bond motifs is 2. The second kappa shape index (κ2) is 9.11. The summed E-state index contributed by atoms with van der Waals surface area (Å²) in [5, 5.41) is 10.2. The van der Waals surface area contributed by atoms with Crippen LogP contribution in [0, 0.1) is 23.6 Å². The van der Waals surface area contributed by atoms with Gasteiger partial charge in [-0.1, -0.05) is 6.42 Å². The number of aromatic nitrogens is 3. The van der Waals surface area contributed by atoms with Gasteiger partial charge in [0, 0.05) is 36.7 Å². The van der Waals surface area contributed by atoms with Crippen LogP contribution in [0.3, 0.4) is 0 Å². The summed E-state index contributed by atoms with van der Waals surface area (Å²) in [6.07, 6.45) is 8.60. The summed E-state index contributed by atoms with van der Waals surface area (Å²) in [6.45, 7) is 1.02. The Hall–Kier alpha value is -2.97. The molecule has 1 aliphatic heterocycles. The van der Waals surface area contributed by atoms with Gasteiger partial charge in [0.15, 0.2) is 11.5 Å². The fourth-order valence-corrected chi connectivity index (χ4v) is 5.79. The predicted octanol–water partition coefficient (Wildman–Crippen LogP) is 3.17. The number of carbonyl (C=O) groups excluding carboxylic acids is 2. The molecule has 5 rings (SSSR count). The highest BCUT2D eigenvalue weighted by Crippen LogP contribution is 2.42. The summed E-state index contributed by atoms with van der Waals surface area (Å²) in [4.78, 5) is 31.4. The third-order valence-electron chi connectivity index (χ3n) is 7.66. The van der Waals surface area contributed by atoms with E-state index in [0.717, 1.165) is 6.20 Å². The number of ether oxygens (including phenoxy) is 1. The molecule has 9 heteroatoms. The molecule has 3 fully saturated rings. The Kier molecular flexibility index (Phi) is 6.03. The number of hydrogen-bond donors (Lipinski definition) is 2. The van der Waals surface area contributed by atoms with Gasteiger partial charge in [-0.3, -0.25) is 14.7 Å². The van der Waals surface area contributed by atoms with Crippen molar-refractivity contribution in [1.29, 1.82) is 0 Å². The first-order valence-corrected chi connectivity index (χ1v) is 11.9. The molecule has 2 unspecified atom stereocenters. The van der Waals surface area contributed by atoms with E-state index >= 15 is 0 Å². The second-order valence-electron chi connectivity index (χ2n) is 9.50. The summed E-state index contributed by atoms with van der Waals surface area (Å²) in [5.74, 6) is 0.913. The quantitative estimate of drug-likeness (QED) is 0.721. The summed E-state index contributed by atoms with van der Waals surface area (Å²) in [5.41, 5.74) is 0.843. The Labute approximate surface area is 192 Å². The Bertz CT molecular complexity index is 1020.